The van der Waals surface area contributed by atoms with Crippen LogP contribution < -0.4 is 10.2 Å². The summed E-state index contributed by atoms with van der Waals surface area (Å²) in [6.45, 7) is 8.92. The van der Waals surface area contributed by atoms with Crippen LogP contribution in [0.1, 0.15) is 56.8 Å². The second-order valence-corrected chi connectivity index (χ2v) is 11.2. The monoisotopic (exact) mass is 542 g/mol. The van der Waals surface area contributed by atoms with Gasteiger partial charge in [0.25, 0.3) is 5.91 Å². The molecule has 0 aromatic heterocycles. The van der Waals surface area contributed by atoms with E-state index in [-0.39, 0.29) is 48.6 Å². The summed E-state index contributed by atoms with van der Waals surface area (Å²) in [5.74, 6) is -1.41. The van der Waals surface area contributed by atoms with Crippen molar-refractivity contribution in [3.05, 3.63) is 29.8 Å². The average Bonchev–Trinajstić information content (AvgIpc) is 3.52. The molecule has 10 heteroatoms. The van der Waals surface area contributed by atoms with Gasteiger partial charge < -0.3 is 29.9 Å². The molecule has 39 heavy (non-hydrogen) atoms. The summed E-state index contributed by atoms with van der Waals surface area (Å²) in [6, 6.07) is 5.47. The van der Waals surface area contributed by atoms with E-state index in [4.69, 9.17) is 4.74 Å². The Hall–Kier alpha value is -2.98. The van der Waals surface area contributed by atoms with Crippen LogP contribution in [0.5, 0.6) is 0 Å². The molecule has 3 amide bonds. The summed E-state index contributed by atoms with van der Waals surface area (Å²) < 4.78 is 5.41. The number of aliphatic hydroxyl groups is 1. The molecule has 0 radical (unpaired) electrons. The molecule has 1 aromatic rings. The summed E-state index contributed by atoms with van der Waals surface area (Å²) in [6.07, 6.45) is 2.24. The van der Waals surface area contributed by atoms with Crippen molar-refractivity contribution in [2.75, 3.05) is 50.9 Å². The van der Waals surface area contributed by atoms with Crippen molar-refractivity contribution < 1.29 is 29.0 Å². The summed E-state index contributed by atoms with van der Waals surface area (Å²) in [5, 5.41) is 12.6. The van der Waals surface area contributed by atoms with Crippen LogP contribution in [0.2, 0.25) is 0 Å². The number of nitrogens with one attached hydrogen (secondary N) is 1. The van der Waals surface area contributed by atoms with Crippen molar-refractivity contribution >= 4 is 29.2 Å². The molecule has 3 aliphatic rings. The molecule has 4 unspecified atom stereocenters. The number of hydrogen-bond acceptors (Lipinski definition) is 7. The van der Waals surface area contributed by atoms with Gasteiger partial charge in [0.15, 0.2) is 5.78 Å². The van der Waals surface area contributed by atoms with Gasteiger partial charge in [0.05, 0.1) is 38.3 Å². The van der Waals surface area contributed by atoms with Gasteiger partial charge in [-0.25, -0.2) is 0 Å². The first-order valence-electron chi connectivity index (χ1n) is 14.2. The zero-order chi connectivity index (χ0) is 28.1. The molecule has 1 aromatic carbocycles. The minimum absolute atomic E-state index is 0.0468. The van der Waals surface area contributed by atoms with E-state index in [1.807, 2.05) is 32.9 Å². The highest BCUT2D eigenvalue weighted by atomic mass is 16.5. The SMILES string of the molecule is CCCC(CO)C(=O)N1CC(=O)C2C1CCN2C(=O)C(CC(C)C)NC(=O)c1ccc(N2CCOCC2)cc1. The van der Waals surface area contributed by atoms with Crippen LogP contribution >= 0.6 is 0 Å². The van der Waals surface area contributed by atoms with Crippen molar-refractivity contribution in [2.45, 2.75) is 64.6 Å². The third-order valence-corrected chi connectivity index (χ3v) is 8.01. The molecule has 4 rings (SSSR count). The number of amides is 3. The van der Waals surface area contributed by atoms with Gasteiger partial charge in [0.2, 0.25) is 11.8 Å². The molecule has 3 saturated heterocycles. The Morgan fingerprint density at radius 2 is 1.74 bits per heavy atom. The largest absolute Gasteiger partial charge is 0.396 e. The molecular formula is C29H42N4O6. The van der Waals surface area contributed by atoms with E-state index in [2.05, 4.69) is 10.2 Å². The highest BCUT2D eigenvalue weighted by molar-refractivity contribution is 6.01. The fourth-order valence-corrected chi connectivity index (χ4v) is 6.01. The summed E-state index contributed by atoms with van der Waals surface area (Å²) in [7, 11) is 0. The quantitative estimate of drug-likeness (QED) is 0.459. The van der Waals surface area contributed by atoms with Crippen LogP contribution in [0, 0.1) is 11.8 Å². The van der Waals surface area contributed by atoms with Crippen LogP contribution in [0.3, 0.4) is 0 Å². The highest BCUT2D eigenvalue weighted by Crippen LogP contribution is 2.32. The first kappa shape index (κ1) is 29.0. The van der Waals surface area contributed by atoms with E-state index in [1.54, 1.807) is 21.9 Å². The van der Waals surface area contributed by atoms with Crippen molar-refractivity contribution in [3.8, 4) is 0 Å². The minimum atomic E-state index is -0.780. The van der Waals surface area contributed by atoms with Crippen molar-refractivity contribution in [2.24, 2.45) is 11.8 Å². The predicted octanol–water partition coefficient (Wildman–Crippen LogP) is 1.46. The third kappa shape index (κ3) is 6.44. The number of ketones is 1. The van der Waals surface area contributed by atoms with Gasteiger partial charge in [-0.3, -0.25) is 19.2 Å². The number of anilines is 1. The van der Waals surface area contributed by atoms with Crippen molar-refractivity contribution in [3.63, 3.8) is 0 Å². The number of nitrogens with zero attached hydrogens (tertiary/aromatic N) is 3. The number of carbonyl (C=O) groups is 4. The van der Waals surface area contributed by atoms with E-state index in [1.165, 1.54) is 0 Å². The molecule has 3 fully saturated rings. The summed E-state index contributed by atoms with van der Waals surface area (Å²) in [4.78, 5) is 58.4. The highest BCUT2D eigenvalue weighted by Gasteiger charge is 2.52. The first-order chi connectivity index (χ1) is 18.7. The van der Waals surface area contributed by atoms with Crippen LogP contribution in [0.25, 0.3) is 0 Å². The maximum absolute atomic E-state index is 13.8. The van der Waals surface area contributed by atoms with Crippen LogP contribution in [0.4, 0.5) is 5.69 Å². The number of likely N-dealkylation sites (tertiary alicyclic amines) is 2. The molecule has 2 N–H and O–H groups in total. The molecule has 0 saturated carbocycles. The van der Waals surface area contributed by atoms with E-state index in [0.29, 0.717) is 44.6 Å². The fraction of sp³-hybridized carbons (Fsp3) is 0.655. The topological polar surface area (TPSA) is 119 Å². The smallest absolute Gasteiger partial charge is 0.251 e. The zero-order valence-electron chi connectivity index (χ0n) is 23.3. The standard InChI is InChI=1S/C29H42N4O6/c1-4-5-21(18-34)28(37)33-17-25(35)26-24(33)10-11-32(26)29(38)23(16-19(2)3)30-27(36)20-6-8-22(9-7-20)31-12-14-39-15-13-31/h6-9,19,21,23-24,26,34H,4-5,10-18H2,1-3H3,(H,30,36). The number of aliphatic hydroxyl groups excluding tert-OH is 1. The molecule has 10 nitrogen and oxygen atoms in total. The second-order valence-electron chi connectivity index (χ2n) is 11.2. The summed E-state index contributed by atoms with van der Waals surface area (Å²) >= 11 is 0. The van der Waals surface area contributed by atoms with E-state index >= 15 is 0 Å². The van der Waals surface area contributed by atoms with Crippen molar-refractivity contribution in [1.29, 1.82) is 0 Å². The van der Waals surface area contributed by atoms with E-state index in [0.717, 1.165) is 25.2 Å². The van der Waals surface area contributed by atoms with E-state index < -0.39 is 18.0 Å². The first-order valence-corrected chi connectivity index (χ1v) is 14.2. The number of ether oxygens (including phenoxy) is 1. The van der Waals surface area contributed by atoms with Gasteiger partial charge in [-0.05, 0) is 49.4 Å². The second kappa shape index (κ2) is 12.9. The van der Waals surface area contributed by atoms with Crippen LogP contribution in [-0.2, 0) is 19.1 Å². The Balaban J connectivity index is 1.45. The Morgan fingerprint density at radius 1 is 1.05 bits per heavy atom. The molecule has 3 heterocycles. The maximum atomic E-state index is 13.8. The van der Waals surface area contributed by atoms with Gasteiger partial charge in [0.1, 0.15) is 12.1 Å². The molecule has 4 atom stereocenters. The van der Waals surface area contributed by atoms with Gasteiger partial charge in [0, 0.05) is 30.9 Å². The molecule has 3 aliphatic heterocycles. The number of Topliss-reactive ketones (excluding diaryl/α,β-unsaturated/α-hetero) is 1. The Morgan fingerprint density at radius 3 is 2.36 bits per heavy atom. The molecular weight excluding hydrogens is 500 g/mol. The van der Waals surface area contributed by atoms with Gasteiger partial charge in [-0.15, -0.1) is 0 Å². The number of rotatable bonds is 10. The van der Waals surface area contributed by atoms with Gasteiger partial charge in [-0.1, -0.05) is 27.2 Å². The predicted molar refractivity (Wildman–Crippen MR) is 146 cm³/mol. The number of morpholine rings is 1. The Kier molecular flexibility index (Phi) is 9.61. The zero-order valence-corrected chi connectivity index (χ0v) is 23.3. The Labute approximate surface area is 230 Å². The number of hydrogen-bond donors (Lipinski definition) is 2. The normalized spacial score (nSPS) is 22.7. The molecule has 0 bridgehead atoms. The van der Waals surface area contributed by atoms with Crippen LogP contribution in [-0.4, -0.2) is 103 Å². The fourth-order valence-electron chi connectivity index (χ4n) is 6.01. The number of benzene rings is 1. The van der Waals surface area contributed by atoms with E-state index in [9.17, 15) is 24.3 Å². The molecule has 0 spiro atoms. The average molecular weight is 543 g/mol. The lowest BCUT2D eigenvalue weighted by Crippen LogP contribution is -2.53. The summed E-state index contributed by atoms with van der Waals surface area (Å²) in [5.41, 5.74) is 1.49. The van der Waals surface area contributed by atoms with Gasteiger partial charge >= 0.3 is 0 Å². The third-order valence-electron chi connectivity index (χ3n) is 8.01. The molecule has 0 aliphatic carbocycles. The van der Waals surface area contributed by atoms with Gasteiger partial charge in [-0.2, -0.15) is 0 Å². The lowest BCUT2D eigenvalue weighted by molar-refractivity contribution is -0.139. The molecule has 214 valence electrons. The number of carbonyl (C=O) groups excluding carboxylic acids is 4. The minimum Gasteiger partial charge on any atom is -0.396 e. The Bertz CT molecular complexity index is 1040. The van der Waals surface area contributed by atoms with Crippen molar-refractivity contribution in [1.82, 2.24) is 15.1 Å². The van der Waals surface area contributed by atoms with Crippen LogP contribution in [0.15, 0.2) is 24.3 Å². The lowest BCUT2D eigenvalue weighted by Gasteiger charge is -2.30. The maximum Gasteiger partial charge on any atom is 0.251 e. The lowest BCUT2D eigenvalue weighted by atomic mass is 10.0. The number of fused-ring (bicyclic) bond motifs is 1.